The Morgan fingerprint density at radius 2 is 1.93 bits per heavy atom. The van der Waals surface area contributed by atoms with Gasteiger partial charge in [-0.3, -0.25) is 14.9 Å². The van der Waals surface area contributed by atoms with Gasteiger partial charge < -0.3 is 10.8 Å². The molecular weight excluding hydrogens is 184 g/mol. The number of carboxylic acids is 1. The lowest BCUT2D eigenvalue weighted by Crippen LogP contribution is -2.48. The fourth-order valence-electron chi connectivity index (χ4n) is 1.07. The van der Waals surface area contributed by atoms with Gasteiger partial charge in [-0.2, -0.15) is 0 Å². The van der Waals surface area contributed by atoms with Crippen molar-refractivity contribution in [1.29, 1.82) is 0 Å². The molecule has 1 amide bonds. The van der Waals surface area contributed by atoms with Crippen LogP contribution in [0.1, 0.15) is 33.6 Å². The lowest BCUT2D eigenvalue weighted by molar-refractivity contribution is -0.140. The van der Waals surface area contributed by atoms with Gasteiger partial charge in [-0.1, -0.05) is 0 Å². The van der Waals surface area contributed by atoms with Crippen LogP contribution in [0.4, 0.5) is 0 Å². The van der Waals surface area contributed by atoms with Crippen molar-refractivity contribution in [2.45, 2.75) is 45.2 Å². The Bertz CT molecular complexity index is 221. The van der Waals surface area contributed by atoms with Crippen LogP contribution < -0.4 is 11.1 Å². The lowest BCUT2D eigenvalue weighted by atomic mass is 10.0. The van der Waals surface area contributed by atoms with Gasteiger partial charge in [-0.25, -0.2) is 0 Å². The van der Waals surface area contributed by atoms with Crippen LogP contribution in [0, 0.1) is 0 Å². The molecule has 0 radical (unpaired) electrons. The molecule has 14 heavy (non-hydrogen) atoms. The molecule has 0 aromatic heterocycles. The van der Waals surface area contributed by atoms with Crippen molar-refractivity contribution in [2.75, 3.05) is 0 Å². The third-order valence-electron chi connectivity index (χ3n) is 1.58. The molecule has 82 valence electrons. The molecular formula is C9H18N2O3. The smallest absolute Gasteiger partial charge is 0.320 e. The number of carbonyl (C=O) groups is 2. The minimum Gasteiger partial charge on any atom is -0.480 e. The fourth-order valence-corrected chi connectivity index (χ4v) is 1.07. The average molecular weight is 202 g/mol. The first kappa shape index (κ1) is 12.9. The summed E-state index contributed by atoms with van der Waals surface area (Å²) in [5.74, 6) is -1.44. The number of nitrogens with two attached hydrogens (primary N) is 1. The number of hydrogen-bond acceptors (Lipinski definition) is 3. The quantitative estimate of drug-likeness (QED) is 0.589. The second-order valence-electron chi connectivity index (χ2n) is 4.29. The molecule has 0 saturated heterocycles. The number of carboxylic acid groups (broad SMARTS) is 1. The van der Waals surface area contributed by atoms with E-state index in [4.69, 9.17) is 10.8 Å². The van der Waals surface area contributed by atoms with E-state index >= 15 is 0 Å². The maximum Gasteiger partial charge on any atom is 0.320 e. The van der Waals surface area contributed by atoms with E-state index in [0.29, 0.717) is 0 Å². The number of rotatable bonds is 5. The lowest BCUT2D eigenvalue weighted by Gasteiger charge is -2.25. The van der Waals surface area contributed by atoms with Gasteiger partial charge in [0.15, 0.2) is 0 Å². The summed E-state index contributed by atoms with van der Waals surface area (Å²) in [6.45, 7) is 5.60. The maximum absolute atomic E-state index is 10.8. The normalized spacial score (nSPS) is 13.6. The second-order valence-corrected chi connectivity index (χ2v) is 4.29. The highest BCUT2D eigenvalue weighted by molar-refractivity contribution is 5.77. The largest absolute Gasteiger partial charge is 0.480 e. The van der Waals surface area contributed by atoms with Crippen LogP contribution in [-0.4, -0.2) is 28.6 Å². The van der Waals surface area contributed by atoms with Crippen molar-refractivity contribution in [3.63, 3.8) is 0 Å². The molecule has 0 aliphatic heterocycles. The van der Waals surface area contributed by atoms with Gasteiger partial charge in [0.05, 0.1) is 0 Å². The summed E-state index contributed by atoms with van der Waals surface area (Å²) in [6, 6.07) is -0.720. The predicted molar refractivity (Wildman–Crippen MR) is 52.7 cm³/mol. The fraction of sp³-hybridized carbons (Fsp3) is 0.778. The average Bonchev–Trinajstić information content (AvgIpc) is 1.94. The first-order chi connectivity index (χ1) is 6.22. The maximum atomic E-state index is 10.8. The zero-order chi connectivity index (χ0) is 11.4. The van der Waals surface area contributed by atoms with Crippen molar-refractivity contribution in [2.24, 2.45) is 5.73 Å². The molecule has 1 atom stereocenters. The first-order valence-electron chi connectivity index (χ1n) is 4.51. The molecule has 0 aliphatic carbocycles. The molecule has 0 fully saturated rings. The highest BCUT2D eigenvalue weighted by Crippen LogP contribution is 2.05. The van der Waals surface area contributed by atoms with E-state index in [-0.39, 0.29) is 18.4 Å². The molecule has 5 nitrogen and oxygen atoms in total. The third-order valence-corrected chi connectivity index (χ3v) is 1.58. The van der Waals surface area contributed by atoms with Gasteiger partial charge in [0.25, 0.3) is 0 Å². The first-order valence-corrected chi connectivity index (χ1v) is 4.51. The van der Waals surface area contributed by atoms with Crippen LogP contribution in [0.5, 0.6) is 0 Å². The van der Waals surface area contributed by atoms with E-state index in [9.17, 15) is 9.59 Å². The molecule has 5 heteroatoms. The summed E-state index contributed by atoms with van der Waals surface area (Å²) < 4.78 is 0. The van der Waals surface area contributed by atoms with Crippen molar-refractivity contribution in [3.8, 4) is 0 Å². The molecule has 0 heterocycles. The van der Waals surface area contributed by atoms with E-state index in [1.165, 1.54) is 0 Å². The Balaban J connectivity index is 4.17. The molecule has 0 aromatic rings. The van der Waals surface area contributed by atoms with E-state index in [1.54, 1.807) is 0 Å². The Labute approximate surface area is 83.7 Å². The summed E-state index contributed by atoms with van der Waals surface area (Å²) in [5, 5.41) is 11.7. The van der Waals surface area contributed by atoms with Gasteiger partial charge >= 0.3 is 5.97 Å². The van der Waals surface area contributed by atoms with Crippen molar-refractivity contribution >= 4 is 11.9 Å². The Hall–Kier alpha value is -1.10. The topological polar surface area (TPSA) is 92.4 Å². The zero-order valence-corrected chi connectivity index (χ0v) is 8.83. The molecule has 0 saturated carbocycles. The van der Waals surface area contributed by atoms with Crippen molar-refractivity contribution in [3.05, 3.63) is 0 Å². The van der Waals surface area contributed by atoms with E-state index in [0.717, 1.165) is 0 Å². The SMILES string of the molecule is CC(C)(C)N[C@@H](CCC(N)=O)C(=O)O. The molecule has 0 unspecified atom stereocenters. The van der Waals surface area contributed by atoms with Gasteiger partial charge in [-0.15, -0.1) is 0 Å². The van der Waals surface area contributed by atoms with Crippen LogP contribution in [0.2, 0.25) is 0 Å². The number of hydrogen-bond donors (Lipinski definition) is 3. The molecule has 0 bridgehead atoms. The molecule has 0 aliphatic rings. The molecule has 4 N–H and O–H groups in total. The van der Waals surface area contributed by atoms with Crippen molar-refractivity contribution < 1.29 is 14.7 Å². The number of nitrogens with one attached hydrogen (secondary N) is 1. The monoisotopic (exact) mass is 202 g/mol. The summed E-state index contributed by atoms with van der Waals surface area (Å²) in [5.41, 5.74) is 4.65. The van der Waals surface area contributed by atoms with E-state index in [2.05, 4.69) is 5.32 Å². The van der Waals surface area contributed by atoms with Crippen LogP contribution in [0.25, 0.3) is 0 Å². The highest BCUT2D eigenvalue weighted by atomic mass is 16.4. The number of carbonyl (C=O) groups excluding carboxylic acids is 1. The van der Waals surface area contributed by atoms with Crippen LogP contribution >= 0.6 is 0 Å². The third kappa shape index (κ3) is 6.42. The zero-order valence-electron chi connectivity index (χ0n) is 8.83. The summed E-state index contributed by atoms with van der Waals surface area (Å²) in [6.07, 6.45) is 0.308. The highest BCUT2D eigenvalue weighted by Gasteiger charge is 2.23. The van der Waals surface area contributed by atoms with Crippen LogP contribution in [0.15, 0.2) is 0 Å². The Morgan fingerprint density at radius 3 is 2.21 bits per heavy atom. The number of amides is 1. The van der Waals surface area contributed by atoms with Gasteiger partial charge in [0.2, 0.25) is 5.91 Å². The molecule has 0 spiro atoms. The predicted octanol–water partition coefficient (Wildman–Crippen LogP) is 0.0932. The Morgan fingerprint density at radius 1 is 1.43 bits per heavy atom. The number of primary amides is 1. The molecule has 0 aromatic carbocycles. The van der Waals surface area contributed by atoms with Gasteiger partial charge in [0.1, 0.15) is 6.04 Å². The molecule has 0 rings (SSSR count). The van der Waals surface area contributed by atoms with E-state index in [1.807, 2.05) is 20.8 Å². The summed E-state index contributed by atoms with van der Waals surface area (Å²) in [4.78, 5) is 21.3. The Kier molecular flexibility index (Phi) is 4.56. The second kappa shape index (κ2) is 4.95. The van der Waals surface area contributed by atoms with Gasteiger partial charge in [-0.05, 0) is 27.2 Å². The van der Waals surface area contributed by atoms with Crippen LogP contribution in [0.3, 0.4) is 0 Å². The standard InChI is InChI=1S/C9H18N2O3/c1-9(2,3)11-6(8(13)14)4-5-7(10)12/h6,11H,4-5H2,1-3H3,(H2,10,12)(H,13,14)/t6-/m0/s1. The minimum atomic E-state index is -0.957. The van der Waals surface area contributed by atoms with Gasteiger partial charge in [0, 0.05) is 12.0 Å². The number of aliphatic carboxylic acids is 1. The summed E-state index contributed by atoms with van der Waals surface area (Å²) >= 11 is 0. The summed E-state index contributed by atoms with van der Waals surface area (Å²) in [7, 11) is 0. The van der Waals surface area contributed by atoms with E-state index < -0.39 is 17.9 Å². The van der Waals surface area contributed by atoms with Crippen LogP contribution in [-0.2, 0) is 9.59 Å². The van der Waals surface area contributed by atoms with Crippen molar-refractivity contribution in [1.82, 2.24) is 5.32 Å². The minimum absolute atomic E-state index is 0.0834.